The van der Waals surface area contributed by atoms with Gasteiger partial charge < -0.3 is 14.2 Å². The van der Waals surface area contributed by atoms with Crippen molar-refractivity contribution in [2.24, 2.45) is 5.92 Å². The molecule has 1 aromatic carbocycles. The molecule has 116 valence electrons. The molecule has 0 amide bonds. The molecule has 21 heavy (non-hydrogen) atoms. The SMILES string of the molecule is COC(=O)C1CCC(OCCOc2ccc(C)cc2)CC1. The van der Waals surface area contributed by atoms with Gasteiger partial charge in [-0.15, -0.1) is 0 Å². The maximum Gasteiger partial charge on any atom is 0.308 e. The summed E-state index contributed by atoms with van der Waals surface area (Å²) >= 11 is 0. The van der Waals surface area contributed by atoms with Crippen molar-refractivity contribution in [3.63, 3.8) is 0 Å². The minimum absolute atomic E-state index is 0.0543. The van der Waals surface area contributed by atoms with Crippen molar-refractivity contribution < 1.29 is 19.0 Å². The highest BCUT2D eigenvalue weighted by Gasteiger charge is 2.27. The molecule has 0 radical (unpaired) electrons. The van der Waals surface area contributed by atoms with Crippen molar-refractivity contribution in [1.29, 1.82) is 0 Å². The zero-order valence-electron chi connectivity index (χ0n) is 12.8. The lowest BCUT2D eigenvalue weighted by Crippen LogP contribution is -2.28. The number of ether oxygens (including phenoxy) is 3. The summed E-state index contributed by atoms with van der Waals surface area (Å²) in [6, 6.07) is 8.00. The van der Waals surface area contributed by atoms with Crippen molar-refractivity contribution in [3.05, 3.63) is 29.8 Å². The highest BCUT2D eigenvalue weighted by Crippen LogP contribution is 2.27. The van der Waals surface area contributed by atoms with Gasteiger partial charge in [-0.3, -0.25) is 4.79 Å². The zero-order valence-corrected chi connectivity index (χ0v) is 12.8. The van der Waals surface area contributed by atoms with Gasteiger partial charge in [-0.25, -0.2) is 0 Å². The molecule has 2 rings (SSSR count). The molecule has 4 nitrogen and oxygen atoms in total. The van der Waals surface area contributed by atoms with Crippen LogP contribution in [0.1, 0.15) is 31.2 Å². The van der Waals surface area contributed by atoms with Crippen LogP contribution in [0.25, 0.3) is 0 Å². The number of hydrogen-bond donors (Lipinski definition) is 0. The number of aryl methyl sites for hydroxylation is 1. The molecule has 1 aliphatic carbocycles. The Morgan fingerprint density at radius 3 is 2.38 bits per heavy atom. The van der Waals surface area contributed by atoms with Gasteiger partial charge in [0.2, 0.25) is 0 Å². The molecule has 1 aliphatic rings. The summed E-state index contributed by atoms with van der Waals surface area (Å²) in [7, 11) is 1.45. The first-order valence-corrected chi connectivity index (χ1v) is 7.58. The molecule has 0 heterocycles. The minimum Gasteiger partial charge on any atom is -0.491 e. The Kier molecular flexibility index (Phi) is 6.05. The van der Waals surface area contributed by atoms with Crippen molar-refractivity contribution in [1.82, 2.24) is 0 Å². The van der Waals surface area contributed by atoms with Gasteiger partial charge in [-0.05, 0) is 44.7 Å². The average molecular weight is 292 g/mol. The third-order valence-corrected chi connectivity index (χ3v) is 3.94. The maximum atomic E-state index is 11.4. The van der Waals surface area contributed by atoms with E-state index in [1.165, 1.54) is 12.7 Å². The fourth-order valence-corrected chi connectivity index (χ4v) is 2.64. The molecule has 1 fully saturated rings. The van der Waals surface area contributed by atoms with E-state index in [-0.39, 0.29) is 18.0 Å². The van der Waals surface area contributed by atoms with Gasteiger partial charge in [0.15, 0.2) is 0 Å². The second-order valence-corrected chi connectivity index (χ2v) is 5.53. The lowest BCUT2D eigenvalue weighted by molar-refractivity contribution is -0.147. The molecule has 0 saturated heterocycles. The summed E-state index contributed by atoms with van der Waals surface area (Å²) in [5.41, 5.74) is 1.22. The topological polar surface area (TPSA) is 44.8 Å². The highest BCUT2D eigenvalue weighted by molar-refractivity contribution is 5.72. The van der Waals surface area contributed by atoms with Crippen molar-refractivity contribution in [2.75, 3.05) is 20.3 Å². The summed E-state index contributed by atoms with van der Waals surface area (Å²) in [6.07, 6.45) is 3.80. The maximum absolute atomic E-state index is 11.4. The summed E-state index contributed by atoms with van der Waals surface area (Å²) in [5.74, 6) is 0.841. The van der Waals surface area contributed by atoms with E-state index in [0.717, 1.165) is 31.4 Å². The predicted octanol–water partition coefficient (Wildman–Crippen LogP) is 3.12. The van der Waals surface area contributed by atoms with Gasteiger partial charge in [0.05, 0.1) is 25.7 Å². The first-order valence-electron chi connectivity index (χ1n) is 7.58. The van der Waals surface area contributed by atoms with Gasteiger partial charge in [-0.1, -0.05) is 17.7 Å². The molecular weight excluding hydrogens is 268 g/mol. The molecule has 0 atom stereocenters. The number of benzene rings is 1. The Morgan fingerprint density at radius 1 is 1.10 bits per heavy atom. The normalized spacial score (nSPS) is 21.8. The number of esters is 1. The third kappa shape index (κ3) is 5.05. The number of rotatable bonds is 6. The molecule has 1 aromatic rings. The first kappa shape index (κ1) is 15.8. The van der Waals surface area contributed by atoms with Crippen LogP contribution in [0.3, 0.4) is 0 Å². The number of hydrogen-bond acceptors (Lipinski definition) is 4. The highest BCUT2D eigenvalue weighted by atomic mass is 16.5. The van der Waals surface area contributed by atoms with E-state index < -0.39 is 0 Å². The van der Waals surface area contributed by atoms with Crippen molar-refractivity contribution >= 4 is 5.97 Å². The Balaban J connectivity index is 1.60. The van der Waals surface area contributed by atoms with Crippen molar-refractivity contribution in [3.8, 4) is 5.75 Å². The minimum atomic E-state index is -0.0869. The Hall–Kier alpha value is -1.55. The van der Waals surface area contributed by atoms with Crippen molar-refractivity contribution in [2.45, 2.75) is 38.7 Å². The Labute approximate surface area is 126 Å². The molecule has 0 aromatic heterocycles. The monoisotopic (exact) mass is 292 g/mol. The van der Waals surface area contributed by atoms with E-state index in [0.29, 0.717) is 13.2 Å². The van der Waals surface area contributed by atoms with Crippen LogP contribution in [0.15, 0.2) is 24.3 Å². The van der Waals surface area contributed by atoms with Crippen LogP contribution in [0, 0.1) is 12.8 Å². The van der Waals surface area contributed by atoms with Crippen LogP contribution in [0.5, 0.6) is 5.75 Å². The Morgan fingerprint density at radius 2 is 1.76 bits per heavy atom. The second-order valence-electron chi connectivity index (χ2n) is 5.53. The van der Waals surface area contributed by atoms with Crippen LogP contribution < -0.4 is 4.74 Å². The summed E-state index contributed by atoms with van der Waals surface area (Å²) in [5, 5.41) is 0. The smallest absolute Gasteiger partial charge is 0.308 e. The number of methoxy groups -OCH3 is 1. The Bertz CT molecular complexity index is 433. The van der Waals surface area contributed by atoms with Crippen LogP contribution in [-0.4, -0.2) is 32.4 Å². The van der Waals surface area contributed by atoms with Gasteiger partial charge in [-0.2, -0.15) is 0 Å². The summed E-state index contributed by atoms with van der Waals surface area (Å²) in [6.45, 7) is 3.19. The zero-order chi connectivity index (χ0) is 15.1. The molecule has 0 unspecified atom stereocenters. The van der Waals surface area contributed by atoms with E-state index in [1.54, 1.807) is 0 Å². The molecule has 0 spiro atoms. The molecule has 1 saturated carbocycles. The predicted molar refractivity (Wildman–Crippen MR) is 80.4 cm³/mol. The van der Waals surface area contributed by atoms with Crippen LogP contribution >= 0.6 is 0 Å². The molecule has 0 bridgehead atoms. The fourth-order valence-electron chi connectivity index (χ4n) is 2.64. The molecular formula is C17H24O4. The fraction of sp³-hybridized carbons (Fsp3) is 0.588. The lowest BCUT2D eigenvalue weighted by atomic mass is 9.87. The van der Waals surface area contributed by atoms with Crippen LogP contribution in [0.4, 0.5) is 0 Å². The summed E-state index contributed by atoms with van der Waals surface area (Å²) < 4.78 is 16.2. The van der Waals surface area contributed by atoms with Gasteiger partial charge in [0, 0.05) is 0 Å². The standard InChI is InChI=1S/C17H24O4/c1-13-3-7-15(8-4-13)20-11-12-21-16-9-5-14(6-10-16)17(18)19-2/h3-4,7-8,14,16H,5-6,9-12H2,1-2H3. The van der Waals surface area contributed by atoms with Crippen LogP contribution in [0.2, 0.25) is 0 Å². The number of carbonyl (C=O) groups excluding carboxylic acids is 1. The van der Waals surface area contributed by atoms with Crippen LogP contribution in [-0.2, 0) is 14.3 Å². The van der Waals surface area contributed by atoms with Gasteiger partial charge >= 0.3 is 5.97 Å². The third-order valence-electron chi connectivity index (χ3n) is 3.94. The van der Waals surface area contributed by atoms with E-state index in [9.17, 15) is 4.79 Å². The van der Waals surface area contributed by atoms with Gasteiger partial charge in [0.25, 0.3) is 0 Å². The summed E-state index contributed by atoms with van der Waals surface area (Å²) in [4.78, 5) is 11.4. The molecule has 0 aliphatic heterocycles. The second kappa shape index (κ2) is 8.03. The van der Waals surface area contributed by atoms with E-state index in [2.05, 4.69) is 6.92 Å². The molecule has 4 heteroatoms. The van der Waals surface area contributed by atoms with E-state index in [1.807, 2.05) is 24.3 Å². The van der Waals surface area contributed by atoms with E-state index >= 15 is 0 Å². The molecule has 0 N–H and O–H groups in total. The largest absolute Gasteiger partial charge is 0.491 e. The van der Waals surface area contributed by atoms with E-state index in [4.69, 9.17) is 14.2 Å². The van der Waals surface area contributed by atoms with Gasteiger partial charge in [0.1, 0.15) is 12.4 Å². The quantitative estimate of drug-likeness (QED) is 0.597. The lowest BCUT2D eigenvalue weighted by Gasteiger charge is -2.26. The number of carbonyl (C=O) groups is 1. The average Bonchev–Trinajstić information content (AvgIpc) is 2.53. The first-order chi connectivity index (χ1) is 10.2.